The van der Waals surface area contributed by atoms with Crippen LogP contribution < -0.4 is 5.56 Å². The molecule has 0 aliphatic carbocycles. The molecule has 0 aliphatic heterocycles. The van der Waals surface area contributed by atoms with Crippen molar-refractivity contribution in [2.24, 2.45) is 7.05 Å². The van der Waals surface area contributed by atoms with Gasteiger partial charge in [-0.1, -0.05) is 35.9 Å². The molecule has 0 saturated carbocycles. The molecular weight excluding hydrogens is 415 g/mol. The lowest BCUT2D eigenvalue weighted by atomic mass is 10.1. The first-order chi connectivity index (χ1) is 13.9. The normalized spacial score (nSPS) is 11.9. The van der Waals surface area contributed by atoms with Gasteiger partial charge in [0.25, 0.3) is 5.56 Å². The fourth-order valence-corrected chi connectivity index (χ4v) is 4.16. The predicted molar refractivity (Wildman–Crippen MR) is 113 cm³/mol. The van der Waals surface area contributed by atoms with Crippen LogP contribution in [0.5, 0.6) is 0 Å². The van der Waals surface area contributed by atoms with Crippen LogP contribution in [0, 0.1) is 0 Å². The Kier molecular flexibility index (Phi) is 6.88. The lowest BCUT2D eigenvalue weighted by Crippen LogP contribution is -2.20. The third-order valence-corrected chi connectivity index (χ3v) is 6.04. The van der Waals surface area contributed by atoms with Gasteiger partial charge < -0.3 is 0 Å². The number of benzene rings is 2. The molecule has 3 rings (SSSR count). The van der Waals surface area contributed by atoms with Crippen LogP contribution in [-0.4, -0.2) is 22.8 Å². The second-order valence-corrected chi connectivity index (χ2v) is 8.32. The lowest BCUT2D eigenvalue weighted by Gasteiger charge is -2.16. The van der Waals surface area contributed by atoms with Gasteiger partial charge in [0.1, 0.15) is 5.82 Å². The van der Waals surface area contributed by atoms with Gasteiger partial charge in [-0.3, -0.25) is 22.9 Å². The summed E-state index contributed by atoms with van der Waals surface area (Å²) >= 11 is 6.04. The van der Waals surface area contributed by atoms with Gasteiger partial charge in [-0.05, 0) is 37.6 Å². The minimum absolute atomic E-state index is 0.0667. The van der Waals surface area contributed by atoms with E-state index in [0.29, 0.717) is 21.7 Å². The third kappa shape index (κ3) is 4.94. The summed E-state index contributed by atoms with van der Waals surface area (Å²) in [5.74, 6) is 0.520. The van der Waals surface area contributed by atoms with Crippen LogP contribution in [0.2, 0.25) is 5.02 Å². The number of hydrogen-bond acceptors (Lipinski definition) is 6. The Morgan fingerprint density at radius 1 is 1.03 bits per heavy atom. The average Bonchev–Trinajstić information content (AvgIpc) is 2.70. The standard InChI is InChI=1S/C20H22ClN2O5P/c1-4-26-29(25,27-5-2)28-13-14-6-8-15(9-7-14)19-22-18-12-16(21)10-11-17(18)20(24)23(19)3/h6-12H,4-5,13H2,1-3H3. The molecule has 154 valence electrons. The van der Waals surface area contributed by atoms with Crippen molar-refractivity contribution in [3.05, 3.63) is 63.4 Å². The molecule has 1 aromatic heterocycles. The highest BCUT2D eigenvalue weighted by molar-refractivity contribution is 7.48. The van der Waals surface area contributed by atoms with Crippen LogP contribution in [0.25, 0.3) is 22.3 Å². The molecule has 0 radical (unpaired) electrons. The van der Waals surface area contributed by atoms with Crippen molar-refractivity contribution in [1.29, 1.82) is 0 Å². The summed E-state index contributed by atoms with van der Waals surface area (Å²) in [6, 6.07) is 12.3. The molecule has 7 nitrogen and oxygen atoms in total. The highest BCUT2D eigenvalue weighted by atomic mass is 35.5. The van der Waals surface area contributed by atoms with E-state index in [9.17, 15) is 9.36 Å². The molecule has 0 unspecified atom stereocenters. The number of phosphoric ester groups is 1. The van der Waals surface area contributed by atoms with Gasteiger partial charge >= 0.3 is 7.82 Å². The van der Waals surface area contributed by atoms with Crippen LogP contribution in [0.15, 0.2) is 47.3 Å². The maximum absolute atomic E-state index is 12.6. The van der Waals surface area contributed by atoms with Crippen LogP contribution >= 0.6 is 19.4 Å². The molecule has 0 N–H and O–H groups in total. The largest absolute Gasteiger partial charge is 0.475 e. The number of hydrogen-bond donors (Lipinski definition) is 0. The quantitative estimate of drug-likeness (QED) is 0.465. The van der Waals surface area contributed by atoms with E-state index in [-0.39, 0.29) is 25.4 Å². The monoisotopic (exact) mass is 436 g/mol. The van der Waals surface area contributed by atoms with E-state index in [2.05, 4.69) is 4.98 Å². The zero-order chi connectivity index (χ0) is 21.0. The van der Waals surface area contributed by atoms with E-state index in [4.69, 9.17) is 25.2 Å². The van der Waals surface area contributed by atoms with Gasteiger partial charge in [0.15, 0.2) is 0 Å². The van der Waals surface area contributed by atoms with E-state index >= 15 is 0 Å². The molecule has 0 amide bonds. The summed E-state index contributed by atoms with van der Waals surface area (Å²) in [6.07, 6.45) is 0. The number of phosphoric acid groups is 1. The van der Waals surface area contributed by atoms with Crippen molar-refractivity contribution in [1.82, 2.24) is 9.55 Å². The average molecular weight is 437 g/mol. The Morgan fingerprint density at radius 3 is 2.31 bits per heavy atom. The second kappa shape index (κ2) is 9.20. The number of rotatable bonds is 8. The molecule has 1 heterocycles. The van der Waals surface area contributed by atoms with Crippen molar-refractivity contribution < 1.29 is 18.1 Å². The fourth-order valence-electron chi connectivity index (χ4n) is 2.83. The van der Waals surface area contributed by atoms with E-state index in [1.807, 2.05) is 24.3 Å². The van der Waals surface area contributed by atoms with Gasteiger partial charge in [-0.25, -0.2) is 9.55 Å². The van der Waals surface area contributed by atoms with E-state index in [0.717, 1.165) is 11.1 Å². The molecule has 9 heteroatoms. The predicted octanol–water partition coefficient (Wildman–Crippen LogP) is 4.95. The molecule has 0 spiro atoms. The molecular formula is C20H22ClN2O5P. The molecule has 0 aliphatic rings. The Bertz CT molecular complexity index is 1100. The zero-order valence-electron chi connectivity index (χ0n) is 16.4. The molecule has 0 fully saturated rings. The summed E-state index contributed by atoms with van der Waals surface area (Å²) in [5, 5.41) is 1.03. The molecule has 0 saturated heterocycles. The first-order valence-electron chi connectivity index (χ1n) is 9.16. The van der Waals surface area contributed by atoms with E-state index in [1.165, 1.54) is 4.57 Å². The second-order valence-electron chi connectivity index (χ2n) is 6.21. The SMILES string of the molecule is CCOP(=O)(OCC)OCc1ccc(-c2nc3cc(Cl)ccc3c(=O)n2C)cc1. The summed E-state index contributed by atoms with van der Waals surface area (Å²) in [5.41, 5.74) is 1.93. The Hall–Kier alpha value is -2.02. The molecule has 0 atom stereocenters. The fraction of sp³-hybridized carbons (Fsp3) is 0.300. The van der Waals surface area contributed by atoms with E-state index < -0.39 is 7.82 Å². The Morgan fingerprint density at radius 2 is 1.69 bits per heavy atom. The molecule has 2 aromatic carbocycles. The number of halogens is 1. The number of nitrogens with zero attached hydrogens (tertiary/aromatic N) is 2. The van der Waals surface area contributed by atoms with Crippen molar-refractivity contribution >= 4 is 30.3 Å². The first-order valence-corrected chi connectivity index (χ1v) is 11.0. The Balaban J connectivity index is 1.86. The van der Waals surface area contributed by atoms with Crippen LogP contribution in [0.1, 0.15) is 19.4 Å². The van der Waals surface area contributed by atoms with Crippen molar-refractivity contribution in [2.45, 2.75) is 20.5 Å². The van der Waals surface area contributed by atoms with Crippen LogP contribution in [0.4, 0.5) is 0 Å². The molecule has 0 bridgehead atoms. The maximum atomic E-state index is 12.6. The van der Waals surface area contributed by atoms with Crippen LogP contribution in [0.3, 0.4) is 0 Å². The minimum Gasteiger partial charge on any atom is -0.295 e. The van der Waals surface area contributed by atoms with Crippen molar-refractivity contribution in [3.8, 4) is 11.4 Å². The van der Waals surface area contributed by atoms with Gasteiger partial charge in [0, 0.05) is 17.6 Å². The van der Waals surface area contributed by atoms with Crippen LogP contribution in [-0.2, 0) is 31.8 Å². The van der Waals surface area contributed by atoms with Crippen molar-refractivity contribution in [2.75, 3.05) is 13.2 Å². The summed E-state index contributed by atoms with van der Waals surface area (Å²) in [7, 11) is -1.89. The van der Waals surface area contributed by atoms with Crippen molar-refractivity contribution in [3.63, 3.8) is 0 Å². The molecule has 3 aromatic rings. The Labute approximate surface area is 173 Å². The van der Waals surface area contributed by atoms with Gasteiger partial charge in [0.05, 0.1) is 30.7 Å². The summed E-state index contributed by atoms with van der Waals surface area (Å²) < 4.78 is 29.5. The maximum Gasteiger partial charge on any atom is 0.475 e. The lowest BCUT2D eigenvalue weighted by molar-refractivity contribution is 0.116. The van der Waals surface area contributed by atoms with Gasteiger partial charge in [0.2, 0.25) is 0 Å². The zero-order valence-corrected chi connectivity index (χ0v) is 18.1. The summed E-state index contributed by atoms with van der Waals surface area (Å²) in [6.45, 7) is 3.96. The summed E-state index contributed by atoms with van der Waals surface area (Å²) in [4.78, 5) is 17.2. The topological polar surface area (TPSA) is 79.7 Å². The third-order valence-electron chi connectivity index (χ3n) is 4.21. The first kappa shape index (κ1) is 21.7. The minimum atomic E-state index is -3.57. The highest BCUT2D eigenvalue weighted by Gasteiger charge is 2.25. The molecule has 29 heavy (non-hydrogen) atoms. The van der Waals surface area contributed by atoms with Gasteiger partial charge in [-0.15, -0.1) is 0 Å². The number of aromatic nitrogens is 2. The van der Waals surface area contributed by atoms with E-state index in [1.54, 1.807) is 39.1 Å². The smallest absolute Gasteiger partial charge is 0.295 e. The highest BCUT2D eigenvalue weighted by Crippen LogP contribution is 2.49. The van der Waals surface area contributed by atoms with Gasteiger partial charge in [-0.2, -0.15) is 0 Å². The number of fused-ring (bicyclic) bond motifs is 1.